The maximum Gasteiger partial charge on any atom is 0.330 e. The van der Waals surface area contributed by atoms with Crippen LogP contribution in [0.1, 0.15) is 11.3 Å². The molecule has 116 valence electrons. The van der Waals surface area contributed by atoms with Crippen LogP contribution < -0.4 is 21.5 Å². The van der Waals surface area contributed by atoms with Crippen LogP contribution in [0, 0.1) is 0 Å². The van der Waals surface area contributed by atoms with Crippen LogP contribution in [0.2, 0.25) is 0 Å². The van der Waals surface area contributed by atoms with Gasteiger partial charge in [-0.2, -0.15) is 0 Å². The summed E-state index contributed by atoms with van der Waals surface area (Å²) in [6.45, 7) is 3.08. The Bertz CT molecular complexity index is 807. The van der Waals surface area contributed by atoms with Crippen LogP contribution >= 0.6 is 0 Å². The highest BCUT2D eigenvalue weighted by Crippen LogP contribution is 2.23. The van der Waals surface area contributed by atoms with Gasteiger partial charge in [0.1, 0.15) is 0 Å². The molecule has 1 aromatic carbocycles. The van der Waals surface area contributed by atoms with Crippen molar-refractivity contribution in [2.45, 2.75) is 13.1 Å². The summed E-state index contributed by atoms with van der Waals surface area (Å²) in [6, 6.07) is 9.77. The van der Waals surface area contributed by atoms with Gasteiger partial charge in [-0.1, -0.05) is 18.2 Å². The fraction of sp³-hybridized carbons (Fsp3) is 0.375. The third-order valence-electron chi connectivity index (χ3n) is 4.18. The highest BCUT2D eigenvalue weighted by atomic mass is 16.2. The van der Waals surface area contributed by atoms with Gasteiger partial charge in [0.15, 0.2) is 0 Å². The quantitative estimate of drug-likeness (QED) is 0.860. The Balaban J connectivity index is 2.01. The second-order valence-electron chi connectivity index (χ2n) is 5.60. The summed E-state index contributed by atoms with van der Waals surface area (Å²) in [6.07, 6.45) is 0. The molecule has 3 rings (SSSR count). The van der Waals surface area contributed by atoms with Crippen molar-refractivity contribution in [1.29, 1.82) is 0 Å². The molecule has 1 aromatic heterocycles. The van der Waals surface area contributed by atoms with Crippen molar-refractivity contribution in [2.75, 3.05) is 18.0 Å². The number of rotatable bonds is 2. The molecule has 0 saturated heterocycles. The first-order chi connectivity index (χ1) is 10.6. The summed E-state index contributed by atoms with van der Waals surface area (Å²) >= 11 is 0. The van der Waals surface area contributed by atoms with Crippen LogP contribution in [0.4, 0.5) is 5.69 Å². The standard InChI is InChI=1S/C16H20N4O2/c1-18-13(9-15(21)19(2)16(18)22)11-20-8-7-17-10-12-5-3-4-6-14(12)20/h3-6,9,17H,7-8,10-11H2,1-2H3. The molecule has 0 unspecified atom stereocenters. The van der Waals surface area contributed by atoms with Crippen LogP contribution in [0.15, 0.2) is 39.9 Å². The number of nitrogens with zero attached hydrogens (tertiary/aromatic N) is 3. The zero-order chi connectivity index (χ0) is 15.7. The first-order valence-corrected chi connectivity index (χ1v) is 7.37. The molecule has 0 radical (unpaired) electrons. The predicted molar refractivity (Wildman–Crippen MR) is 86.1 cm³/mol. The second kappa shape index (κ2) is 5.81. The van der Waals surface area contributed by atoms with E-state index in [1.165, 1.54) is 12.6 Å². The van der Waals surface area contributed by atoms with Crippen molar-refractivity contribution >= 4 is 5.69 Å². The van der Waals surface area contributed by atoms with E-state index in [1.54, 1.807) is 17.7 Å². The van der Waals surface area contributed by atoms with Gasteiger partial charge in [0.25, 0.3) is 5.56 Å². The largest absolute Gasteiger partial charge is 0.364 e. The molecule has 6 nitrogen and oxygen atoms in total. The number of hydrogen-bond acceptors (Lipinski definition) is 4. The Labute approximate surface area is 128 Å². The van der Waals surface area contributed by atoms with Gasteiger partial charge < -0.3 is 10.2 Å². The summed E-state index contributed by atoms with van der Waals surface area (Å²) in [5.41, 5.74) is 2.56. The normalized spacial score (nSPS) is 14.5. The minimum atomic E-state index is -0.288. The van der Waals surface area contributed by atoms with Crippen molar-refractivity contribution < 1.29 is 0 Å². The lowest BCUT2D eigenvalue weighted by Gasteiger charge is -2.25. The molecule has 2 heterocycles. The summed E-state index contributed by atoms with van der Waals surface area (Å²) < 4.78 is 2.67. The molecule has 0 aliphatic carbocycles. The fourth-order valence-corrected chi connectivity index (χ4v) is 2.82. The maximum atomic E-state index is 12.1. The van der Waals surface area contributed by atoms with Crippen LogP contribution in [-0.2, 0) is 27.2 Å². The Kier molecular flexibility index (Phi) is 3.85. The molecule has 0 spiro atoms. The van der Waals surface area contributed by atoms with Gasteiger partial charge in [-0.3, -0.25) is 13.9 Å². The van der Waals surface area contributed by atoms with Crippen molar-refractivity contribution in [3.05, 3.63) is 62.4 Å². The number of benzene rings is 1. The lowest BCUT2D eigenvalue weighted by Crippen LogP contribution is -2.40. The molecule has 2 aromatic rings. The van der Waals surface area contributed by atoms with Gasteiger partial charge >= 0.3 is 5.69 Å². The van der Waals surface area contributed by atoms with Crippen LogP contribution in [0.25, 0.3) is 0 Å². The fourth-order valence-electron chi connectivity index (χ4n) is 2.82. The molecule has 1 N–H and O–H groups in total. The monoisotopic (exact) mass is 300 g/mol. The average molecular weight is 300 g/mol. The smallest absolute Gasteiger partial charge is 0.330 e. The van der Waals surface area contributed by atoms with Crippen LogP contribution in [-0.4, -0.2) is 22.2 Å². The predicted octanol–water partition coefficient (Wildman–Crippen LogP) is 0.194. The average Bonchev–Trinajstić information content (AvgIpc) is 2.73. The third kappa shape index (κ3) is 2.57. The molecule has 1 aliphatic rings. The summed E-state index contributed by atoms with van der Waals surface area (Å²) in [4.78, 5) is 26.2. The summed E-state index contributed by atoms with van der Waals surface area (Å²) in [5.74, 6) is 0. The first kappa shape index (κ1) is 14.6. The van der Waals surface area contributed by atoms with Crippen LogP contribution in [0.3, 0.4) is 0 Å². The van der Waals surface area contributed by atoms with Gasteiger partial charge in [-0.25, -0.2) is 4.79 Å². The van der Waals surface area contributed by atoms with Gasteiger partial charge in [-0.05, 0) is 11.6 Å². The van der Waals surface area contributed by atoms with Crippen molar-refractivity contribution in [3.63, 3.8) is 0 Å². The van der Waals surface area contributed by atoms with Gasteiger partial charge in [0, 0.05) is 51.2 Å². The molecule has 1 aliphatic heterocycles. The number of hydrogen-bond donors (Lipinski definition) is 1. The van der Waals surface area contributed by atoms with E-state index in [9.17, 15) is 9.59 Å². The molecule has 22 heavy (non-hydrogen) atoms. The van der Waals surface area contributed by atoms with E-state index in [1.807, 2.05) is 12.1 Å². The number of nitrogens with one attached hydrogen (secondary N) is 1. The number of anilines is 1. The summed E-state index contributed by atoms with van der Waals surface area (Å²) in [5, 5.41) is 3.39. The highest BCUT2D eigenvalue weighted by Gasteiger charge is 2.16. The molecule has 0 fully saturated rings. The van der Waals surface area contributed by atoms with Gasteiger partial charge in [0.2, 0.25) is 0 Å². The zero-order valence-corrected chi connectivity index (χ0v) is 12.9. The molecule has 0 amide bonds. The van der Waals surface area contributed by atoms with E-state index in [2.05, 4.69) is 22.3 Å². The number of fused-ring (bicyclic) bond motifs is 1. The molecule has 0 atom stereocenters. The van der Waals surface area contributed by atoms with E-state index < -0.39 is 0 Å². The minimum absolute atomic E-state index is 0.265. The SMILES string of the molecule is Cn1c(CN2CCNCc3ccccc32)cc(=O)n(C)c1=O. The molecule has 6 heteroatoms. The van der Waals surface area contributed by atoms with Crippen LogP contribution in [0.5, 0.6) is 0 Å². The molecular formula is C16H20N4O2. The first-order valence-electron chi connectivity index (χ1n) is 7.37. The van der Waals surface area contributed by atoms with E-state index in [4.69, 9.17) is 0 Å². The van der Waals surface area contributed by atoms with Crippen molar-refractivity contribution in [1.82, 2.24) is 14.5 Å². The topological polar surface area (TPSA) is 59.3 Å². The lowest BCUT2D eigenvalue weighted by atomic mass is 10.1. The minimum Gasteiger partial charge on any atom is -0.364 e. The van der Waals surface area contributed by atoms with E-state index in [-0.39, 0.29) is 11.2 Å². The van der Waals surface area contributed by atoms with E-state index >= 15 is 0 Å². The molecule has 0 bridgehead atoms. The van der Waals surface area contributed by atoms with Gasteiger partial charge in [-0.15, -0.1) is 0 Å². The third-order valence-corrected chi connectivity index (χ3v) is 4.18. The Morgan fingerprint density at radius 2 is 1.91 bits per heavy atom. The lowest BCUT2D eigenvalue weighted by molar-refractivity contribution is 0.627. The Morgan fingerprint density at radius 1 is 1.14 bits per heavy atom. The van der Waals surface area contributed by atoms with E-state index in [0.29, 0.717) is 6.54 Å². The Hall–Kier alpha value is -2.34. The zero-order valence-electron chi connectivity index (χ0n) is 12.9. The summed E-state index contributed by atoms with van der Waals surface area (Å²) in [7, 11) is 3.21. The van der Waals surface area contributed by atoms with Crippen molar-refractivity contribution in [3.8, 4) is 0 Å². The Morgan fingerprint density at radius 3 is 2.73 bits per heavy atom. The number of aromatic nitrogens is 2. The van der Waals surface area contributed by atoms with E-state index in [0.717, 1.165) is 35.6 Å². The molecule has 0 saturated carbocycles. The van der Waals surface area contributed by atoms with Gasteiger partial charge in [0.05, 0.1) is 6.54 Å². The van der Waals surface area contributed by atoms with Crippen molar-refractivity contribution in [2.24, 2.45) is 14.1 Å². The molecular weight excluding hydrogens is 280 g/mol. The highest BCUT2D eigenvalue weighted by molar-refractivity contribution is 5.54. The maximum absolute atomic E-state index is 12.1. The second-order valence-corrected chi connectivity index (χ2v) is 5.60. The number of para-hydroxylation sites is 1.